The largest absolute Gasteiger partial charge is 0.486 e. The van der Waals surface area contributed by atoms with E-state index in [1.807, 2.05) is 30.3 Å². The smallest absolute Gasteiger partial charge is 0.315 e. The fourth-order valence-corrected chi connectivity index (χ4v) is 3.86. The summed E-state index contributed by atoms with van der Waals surface area (Å²) in [5.41, 5.74) is 0.727. The van der Waals surface area contributed by atoms with E-state index in [4.69, 9.17) is 18.9 Å². The van der Waals surface area contributed by atoms with E-state index < -0.39 is 0 Å². The van der Waals surface area contributed by atoms with E-state index in [0.717, 1.165) is 5.69 Å². The molecule has 162 valence electrons. The van der Waals surface area contributed by atoms with Crippen LogP contribution in [0.3, 0.4) is 0 Å². The van der Waals surface area contributed by atoms with Crippen LogP contribution in [0, 0.1) is 0 Å². The van der Waals surface area contributed by atoms with Crippen LogP contribution in [0.2, 0.25) is 0 Å². The van der Waals surface area contributed by atoms with E-state index in [1.54, 1.807) is 17.0 Å². The first-order valence-electron chi connectivity index (χ1n) is 10.3. The van der Waals surface area contributed by atoms with Gasteiger partial charge in [0.25, 0.3) is 0 Å². The Balaban J connectivity index is 1.13. The number of ether oxygens (including phenoxy) is 4. The minimum absolute atomic E-state index is 0.0531. The van der Waals surface area contributed by atoms with Crippen LogP contribution >= 0.6 is 0 Å². The summed E-state index contributed by atoms with van der Waals surface area (Å²) in [5, 5.41) is 5.66. The van der Waals surface area contributed by atoms with Crippen LogP contribution < -0.4 is 34.5 Å². The topological polar surface area (TPSA) is 98.4 Å². The average molecular weight is 425 g/mol. The molecule has 0 saturated carbocycles. The summed E-state index contributed by atoms with van der Waals surface area (Å²) in [7, 11) is 0. The van der Waals surface area contributed by atoms with Crippen LogP contribution in [0.4, 0.5) is 10.5 Å². The highest BCUT2D eigenvalue weighted by Crippen LogP contribution is 2.35. The number of para-hydroxylation sites is 2. The molecule has 3 aliphatic rings. The van der Waals surface area contributed by atoms with Gasteiger partial charge in [-0.2, -0.15) is 0 Å². The molecule has 9 heteroatoms. The monoisotopic (exact) mass is 425 g/mol. The molecular weight excluding hydrogens is 402 g/mol. The Bertz CT molecular complexity index is 997. The van der Waals surface area contributed by atoms with Gasteiger partial charge in [-0.3, -0.25) is 4.79 Å². The zero-order chi connectivity index (χ0) is 21.2. The van der Waals surface area contributed by atoms with E-state index in [2.05, 4.69) is 10.6 Å². The summed E-state index contributed by atoms with van der Waals surface area (Å²) in [6.45, 7) is 2.04. The van der Waals surface area contributed by atoms with Crippen LogP contribution in [0.5, 0.6) is 23.0 Å². The number of hydrogen-bond acceptors (Lipinski definition) is 6. The first-order chi connectivity index (χ1) is 15.2. The molecule has 0 radical (unpaired) electrons. The van der Waals surface area contributed by atoms with Crippen molar-refractivity contribution in [1.29, 1.82) is 0 Å². The Kier molecular flexibility index (Phi) is 5.15. The molecule has 1 saturated heterocycles. The fourth-order valence-electron chi connectivity index (χ4n) is 3.86. The number of nitrogens with zero attached hydrogens (tertiary/aromatic N) is 1. The first kappa shape index (κ1) is 19.3. The van der Waals surface area contributed by atoms with Crippen molar-refractivity contribution < 1.29 is 28.5 Å². The quantitative estimate of drug-likeness (QED) is 0.774. The van der Waals surface area contributed by atoms with Gasteiger partial charge in [-0.15, -0.1) is 0 Å². The lowest BCUT2D eigenvalue weighted by atomic mass is 10.2. The predicted octanol–water partition coefficient (Wildman–Crippen LogP) is 1.70. The zero-order valence-corrected chi connectivity index (χ0v) is 16.8. The third-order valence-electron chi connectivity index (χ3n) is 5.36. The van der Waals surface area contributed by atoms with Crippen LogP contribution in [0.1, 0.15) is 6.42 Å². The Morgan fingerprint density at radius 2 is 1.77 bits per heavy atom. The molecule has 0 aromatic heterocycles. The number of benzene rings is 2. The maximum absolute atomic E-state index is 12.5. The number of amides is 3. The normalized spacial score (nSPS) is 21.5. The molecule has 2 aromatic rings. The Morgan fingerprint density at radius 3 is 2.65 bits per heavy atom. The Labute approximate surface area is 179 Å². The molecule has 0 spiro atoms. The van der Waals surface area contributed by atoms with Gasteiger partial charge >= 0.3 is 6.03 Å². The third kappa shape index (κ3) is 4.16. The number of anilines is 1. The highest BCUT2D eigenvalue weighted by molar-refractivity contribution is 5.97. The summed E-state index contributed by atoms with van der Waals surface area (Å²) in [6, 6.07) is 12.2. The molecule has 31 heavy (non-hydrogen) atoms. The molecule has 5 rings (SSSR count). The second kappa shape index (κ2) is 8.25. The second-order valence-electron chi connectivity index (χ2n) is 7.59. The molecule has 9 nitrogen and oxygen atoms in total. The number of urea groups is 1. The minimum atomic E-state index is -0.343. The minimum Gasteiger partial charge on any atom is -0.486 e. The number of fused-ring (bicyclic) bond motifs is 2. The maximum Gasteiger partial charge on any atom is 0.315 e. The van der Waals surface area contributed by atoms with Crippen LogP contribution in [-0.2, 0) is 4.79 Å². The van der Waals surface area contributed by atoms with Gasteiger partial charge in [-0.25, -0.2) is 4.79 Å². The number of carbonyl (C=O) groups excluding carboxylic acids is 2. The van der Waals surface area contributed by atoms with Crippen LogP contribution in [-0.4, -0.2) is 57.0 Å². The Morgan fingerprint density at radius 1 is 1.00 bits per heavy atom. The SMILES string of the molecule is O=C(NC[C@@H]1COc2ccccc2O1)N[C@H]1CC(=O)N(c2ccc3c(c2)OCCO3)C1. The molecule has 3 aliphatic heterocycles. The molecular formula is C22H23N3O6. The standard InChI is InChI=1S/C22H23N3O6/c26-21-9-14(12-25(21)15-5-6-18-20(10-15)29-8-7-28-18)24-22(27)23-11-16-13-30-17-3-1-2-4-19(17)31-16/h1-6,10,14,16H,7-9,11-13H2,(H2,23,24,27)/t14-,16+/m0/s1. The number of carbonyl (C=O) groups is 2. The van der Waals surface area contributed by atoms with Crippen molar-refractivity contribution in [2.75, 3.05) is 37.8 Å². The van der Waals surface area contributed by atoms with Crippen molar-refractivity contribution in [3.8, 4) is 23.0 Å². The lowest BCUT2D eigenvalue weighted by Crippen LogP contribution is -2.47. The van der Waals surface area contributed by atoms with E-state index >= 15 is 0 Å². The van der Waals surface area contributed by atoms with Crippen molar-refractivity contribution in [2.24, 2.45) is 0 Å². The molecule has 2 atom stereocenters. The molecule has 1 fully saturated rings. The van der Waals surface area contributed by atoms with Gasteiger partial charge in [-0.05, 0) is 24.3 Å². The van der Waals surface area contributed by atoms with Gasteiger partial charge in [0, 0.05) is 24.7 Å². The van der Waals surface area contributed by atoms with E-state index in [-0.39, 0.29) is 30.5 Å². The fraction of sp³-hybridized carbons (Fsp3) is 0.364. The van der Waals surface area contributed by atoms with Crippen LogP contribution in [0.15, 0.2) is 42.5 Å². The van der Waals surface area contributed by atoms with E-state index in [9.17, 15) is 9.59 Å². The predicted molar refractivity (Wildman–Crippen MR) is 111 cm³/mol. The highest BCUT2D eigenvalue weighted by Gasteiger charge is 2.32. The summed E-state index contributed by atoms with van der Waals surface area (Å²) in [6.07, 6.45) is -0.0433. The van der Waals surface area contributed by atoms with Crippen molar-refractivity contribution >= 4 is 17.6 Å². The number of nitrogens with one attached hydrogen (secondary N) is 2. The lowest BCUT2D eigenvalue weighted by molar-refractivity contribution is -0.117. The second-order valence-corrected chi connectivity index (χ2v) is 7.59. The molecule has 2 aromatic carbocycles. The van der Waals surface area contributed by atoms with Crippen molar-refractivity contribution in [1.82, 2.24) is 10.6 Å². The summed E-state index contributed by atoms with van der Waals surface area (Å²) in [4.78, 5) is 26.5. The molecule has 0 bridgehead atoms. The first-order valence-corrected chi connectivity index (χ1v) is 10.3. The molecule has 2 N–H and O–H groups in total. The highest BCUT2D eigenvalue weighted by atomic mass is 16.6. The van der Waals surface area contributed by atoms with Gasteiger partial charge < -0.3 is 34.5 Å². The maximum atomic E-state index is 12.5. The van der Waals surface area contributed by atoms with Gasteiger partial charge in [0.05, 0.1) is 12.6 Å². The number of rotatable bonds is 4. The summed E-state index contributed by atoms with van der Waals surface area (Å²) >= 11 is 0. The summed E-state index contributed by atoms with van der Waals surface area (Å²) in [5.74, 6) is 2.61. The van der Waals surface area contributed by atoms with Crippen molar-refractivity contribution in [3.05, 3.63) is 42.5 Å². The average Bonchev–Trinajstić information content (AvgIpc) is 3.17. The molecule has 3 amide bonds. The van der Waals surface area contributed by atoms with Gasteiger partial charge in [0.15, 0.2) is 29.1 Å². The van der Waals surface area contributed by atoms with E-state index in [0.29, 0.717) is 55.9 Å². The summed E-state index contributed by atoms with van der Waals surface area (Å²) < 4.78 is 22.6. The van der Waals surface area contributed by atoms with Gasteiger partial charge in [0.1, 0.15) is 19.8 Å². The van der Waals surface area contributed by atoms with Crippen LogP contribution in [0.25, 0.3) is 0 Å². The Hall–Kier alpha value is -3.62. The molecule has 0 unspecified atom stereocenters. The zero-order valence-electron chi connectivity index (χ0n) is 16.8. The van der Waals surface area contributed by atoms with Crippen molar-refractivity contribution in [2.45, 2.75) is 18.6 Å². The third-order valence-corrected chi connectivity index (χ3v) is 5.36. The van der Waals surface area contributed by atoms with Crippen molar-refractivity contribution in [3.63, 3.8) is 0 Å². The molecule has 3 heterocycles. The van der Waals surface area contributed by atoms with E-state index in [1.165, 1.54) is 0 Å². The molecule has 0 aliphatic carbocycles. The van der Waals surface area contributed by atoms with Gasteiger partial charge in [-0.1, -0.05) is 12.1 Å². The number of hydrogen-bond donors (Lipinski definition) is 2. The lowest BCUT2D eigenvalue weighted by Gasteiger charge is -2.26. The van der Waals surface area contributed by atoms with Gasteiger partial charge in [0.2, 0.25) is 5.91 Å².